The van der Waals surface area contributed by atoms with Gasteiger partial charge in [0.2, 0.25) is 0 Å². The molecule has 0 bridgehead atoms. The highest BCUT2D eigenvalue weighted by atomic mass is 32.2. The molecule has 8 heteroatoms. The Bertz CT molecular complexity index is 1010. The zero-order valence-corrected chi connectivity index (χ0v) is 14.6. The molecule has 1 aromatic heterocycles. The maximum atomic E-state index is 11.3. The van der Waals surface area contributed by atoms with Crippen molar-refractivity contribution in [1.29, 1.82) is 0 Å². The van der Waals surface area contributed by atoms with Crippen molar-refractivity contribution in [3.8, 4) is 22.9 Å². The van der Waals surface area contributed by atoms with E-state index in [9.17, 15) is 8.42 Å². The van der Waals surface area contributed by atoms with Crippen LogP contribution in [0.5, 0.6) is 11.5 Å². The fraction of sp³-hybridized carbons (Fsp3) is 0.235. The highest BCUT2D eigenvalue weighted by Crippen LogP contribution is 2.32. The van der Waals surface area contributed by atoms with Crippen molar-refractivity contribution in [2.75, 3.05) is 13.2 Å². The lowest BCUT2D eigenvalue weighted by molar-refractivity contribution is 0.288. The molecular weight excluding hydrogens is 344 g/mol. The van der Waals surface area contributed by atoms with Crippen LogP contribution in [-0.2, 0) is 10.1 Å². The molecule has 0 aliphatic heterocycles. The molecule has 0 atom stereocenters. The van der Waals surface area contributed by atoms with Crippen LogP contribution in [0.2, 0.25) is 0 Å². The summed E-state index contributed by atoms with van der Waals surface area (Å²) in [6.07, 6.45) is 0. The summed E-state index contributed by atoms with van der Waals surface area (Å²) in [6.45, 7) is 4.82. The number of imidazole rings is 1. The van der Waals surface area contributed by atoms with Gasteiger partial charge < -0.3 is 14.5 Å². The van der Waals surface area contributed by atoms with Crippen molar-refractivity contribution in [1.82, 2.24) is 9.97 Å². The number of hydrogen-bond donors (Lipinski definition) is 2. The molecule has 0 saturated heterocycles. The summed E-state index contributed by atoms with van der Waals surface area (Å²) in [7, 11) is -4.26. The highest BCUT2D eigenvalue weighted by Gasteiger charge is 2.14. The number of aromatic nitrogens is 2. The number of hydrogen-bond acceptors (Lipinski definition) is 5. The summed E-state index contributed by atoms with van der Waals surface area (Å²) in [5, 5.41) is 0. The van der Waals surface area contributed by atoms with Gasteiger partial charge in [-0.25, -0.2) is 4.98 Å². The molecule has 0 spiro atoms. The average Bonchev–Trinajstić information content (AvgIpc) is 2.99. The Balaban J connectivity index is 2.05. The van der Waals surface area contributed by atoms with E-state index in [4.69, 9.17) is 14.0 Å². The van der Waals surface area contributed by atoms with Gasteiger partial charge in [0.25, 0.3) is 10.1 Å². The number of nitrogens with zero attached hydrogens (tertiary/aromatic N) is 1. The zero-order chi connectivity index (χ0) is 18.0. The van der Waals surface area contributed by atoms with Crippen LogP contribution in [-0.4, -0.2) is 36.2 Å². The predicted octanol–water partition coefficient (Wildman–Crippen LogP) is 3.27. The molecule has 132 valence electrons. The molecule has 1 heterocycles. The number of nitrogens with one attached hydrogen (secondary N) is 1. The molecule has 2 aromatic carbocycles. The summed E-state index contributed by atoms with van der Waals surface area (Å²) in [5.74, 6) is 1.82. The lowest BCUT2D eigenvalue weighted by Crippen LogP contribution is -1.98. The standard InChI is InChI=1S/C17H18N2O5S/c1-3-23-15-8-5-11(9-16(15)24-4-2)17-18-13-7-6-12(25(20,21)22)10-14(13)19-17/h5-10H,3-4H2,1-2H3,(H,18,19)(H,20,21,22). The Kier molecular flexibility index (Phi) is 4.65. The molecular formula is C17H18N2O5S. The lowest BCUT2D eigenvalue weighted by atomic mass is 10.2. The summed E-state index contributed by atoms with van der Waals surface area (Å²) >= 11 is 0. The van der Waals surface area contributed by atoms with Crippen molar-refractivity contribution in [2.45, 2.75) is 18.7 Å². The van der Waals surface area contributed by atoms with Crippen LogP contribution < -0.4 is 9.47 Å². The smallest absolute Gasteiger partial charge is 0.294 e. The molecule has 3 rings (SSSR count). The number of ether oxygens (including phenoxy) is 2. The van der Waals surface area contributed by atoms with Gasteiger partial charge in [0.1, 0.15) is 5.82 Å². The molecule has 0 aliphatic carbocycles. The molecule has 2 N–H and O–H groups in total. The monoisotopic (exact) mass is 362 g/mol. The van der Waals surface area contributed by atoms with Gasteiger partial charge in [-0.15, -0.1) is 0 Å². The van der Waals surface area contributed by atoms with Crippen molar-refractivity contribution >= 4 is 21.2 Å². The lowest BCUT2D eigenvalue weighted by Gasteiger charge is -2.11. The minimum absolute atomic E-state index is 0.183. The van der Waals surface area contributed by atoms with E-state index in [1.807, 2.05) is 26.0 Å². The van der Waals surface area contributed by atoms with Crippen LogP contribution in [0, 0.1) is 0 Å². The Morgan fingerprint density at radius 2 is 1.76 bits per heavy atom. The maximum Gasteiger partial charge on any atom is 0.294 e. The number of rotatable bonds is 6. The third-order valence-corrected chi connectivity index (χ3v) is 4.42. The first-order valence-electron chi connectivity index (χ1n) is 7.79. The number of benzene rings is 2. The predicted molar refractivity (Wildman–Crippen MR) is 93.7 cm³/mol. The molecule has 25 heavy (non-hydrogen) atoms. The molecule has 7 nitrogen and oxygen atoms in total. The summed E-state index contributed by atoms with van der Waals surface area (Å²) in [5.41, 5.74) is 1.88. The quantitative estimate of drug-likeness (QED) is 0.653. The first-order chi connectivity index (χ1) is 11.9. The first kappa shape index (κ1) is 17.2. The fourth-order valence-electron chi connectivity index (χ4n) is 2.48. The van der Waals surface area contributed by atoms with Crippen molar-refractivity contribution < 1.29 is 22.4 Å². The number of aromatic amines is 1. The second kappa shape index (κ2) is 6.73. The van der Waals surface area contributed by atoms with Crippen LogP contribution in [0.15, 0.2) is 41.3 Å². The van der Waals surface area contributed by atoms with Gasteiger partial charge in [-0.1, -0.05) is 0 Å². The van der Waals surface area contributed by atoms with E-state index in [0.29, 0.717) is 41.6 Å². The van der Waals surface area contributed by atoms with Crippen LogP contribution in [0.1, 0.15) is 13.8 Å². The highest BCUT2D eigenvalue weighted by molar-refractivity contribution is 7.85. The van der Waals surface area contributed by atoms with Crippen LogP contribution >= 0.6 is 0 Å². The normalized spacial score (nSPS) is 11.6. The first-order valence-corrected chi connectivity index (χ1v) is 9.23. The van der Waals surface area contributed by atoms with Gasteiger partial charge in [0, 0.05) is 5.56 Å². The average molecular weight is 362 g/mol. The Morgan fingerprint density at radius 3 is 2.44 bits per heavy atom. The number of H-pyrrole nitrogens is 1. The largest absolute Gasteiger partial charge is 0.490 e. The molecule has 0 radical (unpaired) electrons. The van der Waals surface area contributed by atoms with Gasteiger partial charge in [-0.3, -0.25) is 4.55 Å². The minimum atomic E-state index is -4.26. The topological polar surface area (TPSA) is 102 Å². The van der Waals surface area contributed by atoms with Gasteiger partial charge in [0.05, 0.1) is 29.1 Å². The Morgan fingerprint density at radius 1 is 1.04 bits per heavy atom. The molecule has 0 saturated carbocycles. The summed E-state index contributed by atoms with van der Waals surface area (Å²) in [6, 6.07) is 9.66. The van der Waals surface area contributed by atoms with Gasteiger partial charge >= 0.3 is 0 Å². The van der Waals surface area contributed by atoms with E-state index in [0.717, 1.165) is 5.56 Å². The molecule has 0 aliphatic rings. The summed E-state index contributed by atoms with van der Waals surface area (Å²) < 4.78 is 42.8. The maximum absolute atomic E-state index is 11.3. The number of fused-ring (bicyclic) bond motifs is 1. The minimum Gasteiger partial charge on any atom is -0.490 e. The van der Waals surface area contributed by atoms with Crippen molar-refractivity contribution in [3.63, 3.8) is 0 Å². The van der Waals surface area contributed by atoms with E-state index in [1.54, 1.807) is 6.07 Å². The van der Waals surface area contributed by atoms with Crippen molar-refractivity contribution in [2.24, 2.45) is 0 Å². The fourth-order valence-corrected chi connectivity index (χ4v) is 2.99. The van der Waals surface area contributed by atoms with E-state index in [-0.39, 0.29) is 4.90 Å². The molecule has 0 amide bonds. The van der Waals surface area contributed by atoms with Gasteiger partial charge in [-0.05, 0) is 50.2 Å². The second-order valence-corrected chi connectivity index (χ2v) is 6.69. The zero-order valence-electron chi connectivity index (χ0n) is 13.8. The van der Waals surface area contributed by atoms with Crippen molar-refractivity contribution in [3.05, 3.63) is 36.4 Å². The van der Waals surface area contributed by atoms with Crippen LogP contribution in [0.25, 0.3) is 22.4 Å². The van der Waals surface area contributed by atoms with Crippen LogP contribution in [0.4, 0.5) is 0 Å². The van der Waals surface area contributed by atoms with Gasteiger partial charge in [0.15, 0.2) is 11.5 Å². The van der Waals surface area contributed by atoms with E-state index >= 15 is 0 Å². The van der Waals surface area contributed by atoms with E-state index in [1.165, 1.54) is 18.2 Å². The van der Waals surface area contributed by atoms with E-state index < -0.39 is 10.1 Å². The third-order valence-electron chi connectivity index (χ3n) is 3.57. The molecule has 0 unspecified atom stereocenters. The Hall–Kier alpha value is -2.58. The summed E-state index contributed by atoms with van der Waals surface area (Å²) in [4.78, 5) is 7.33. The third kappa shape index (κ3) is 3.59. The van der Waals surface area contributed by atoms with Crippen LogP contribution in [0.3, 0.4) is 0 Å². The SMILES string of the molecule is CCOc1ccc(-c2nc3ccc(S(=O)(=O)O)cc3[nH]2)cc1OCC. The van der Waals surface area contributed by atoms with E-state index in [2.05, 4.69) is 9.97 Å². The molecule has 0 fully saturated rings. The van der Waals surface area contributed by atoms with Gasteiger partial charge in [-0.2, -0.15) is 8.42 Å². The molecule has 3 aromatic rings. The Labute approximate surface area is 145 Å². The second-order valence-electron chi connectivity index (χ2n) is 5.27.